The average molecular weight is 382 g/mol. The number of pyridine rings is 1. The first kappa shape index (κ1) is 18.4. The van der Waals surface area contributed by atoms with Gasteiger partial charge in [0.05, 0.1) is 18.4 Å². The molecule has 0 saturated heterocycles. The molecule has 0 unspecified atom stereocenters. The average Bonchev–Trinajstić information content (AvgIpc) is 2.70. The van der Waals surface area contributed by atoms with Crippen molar-refractivity contribution in [3.05, 3.63) is 83.0 Å². The van der Waals surface area contributed by atoms with Gasteiger partial charge in [0, 0.05) is 22.5 Å². The van der Waals surface area contributed by atoms with Crippen molar-refractivity contribution in [1.29, 1.82) is 0 Å². The van der Waals surface area contributed by atoms with E-state index in [1.54, 1.807) is 60.7 Å². The van der Waals surface area contributed by atoms with Gasteiger partial charge in [0.15, 0.2) is 0 Å². The number of hydrogen-bond donors (Lipinski definition) is 2. The van der Waals surface area contributed by atoms with Crippen molar-refractivity contribution in [1.82, 2.24) is 4.98 Å². The monoisotopic (exact) mass is 381 g/mol. The van der Waals surface area contributed by atoms with Gasteiger partial charge in [0.2, 0.25) is 0 Å². The lowest BCUT2D eigenvalue weighted by atomic mass is 10.1. The van der Waals surface area contributed by atoms with E-state index in [0.717, 1.165) is 0 Å². The van der Waals surface area contributed by atoms with E-state index >= 15 is 0 Å². The van der Waals surface area contributed by atoms with Crippen LogP contribution in [0.4, 0.5) is 17.2 Å². The van der Waals surface area contributed by atoms with Gasteiger partial charge in [-0.3, -0.25) is 4.79 Å². The van der Waals surface area contributed by atoms with Crippen LogP contribution in [0.2, 0.25) is 5.02 Å². The first-order valence-corrected chi connectivity index (χ1v) is 8.42. The zero-order valence-electron chi connectivity index (χ0n) is 14.4. The van der Waals surface area contributed by atoms with E-state index in [1.165, 1.54) is 13.3 Å². The highest BCUT2D eigenvalue weighted by Gasteiger charge is 2.13. The van der Waals surface area contributed by atoms with E-state index in [-0.39, 0.29) is 5.91 Å². The summed E-state index contributed by atoms with van der Waals surface area (Å²) in [4.78, 5) is 28.5. The van der Waals surface area contributed by atoms with Crippen LogP contribution in [0.5, 0.6) is 0 Å². The summed E-state index contributed by atoms with van der Waals surface area (Å²) in [6.45, 7) is 0. The molecule has 27 heavy (non-hydrogen) atoms. The van der Waals surface area contributed by atoms with Gasteiger partial charge in [0.1, 0.15) is 5.82 Å². The number of esters is 1. The molecule has 1 aromatic heterocycles. The van der Waals surface area contributed by atoms with Crippen molar-refractivity contribution in [2.45, 2.75) is 0 Å². The Bertz CT molecular complexity index is 974. The number of amides is 1. The van der Waals surface area contributed by atoms with E-state index in [9.17, 15) is 9.59 Å². The minimum atomic E-state index is -0.463. The number of ether oxygens (including phenoxy) is 1. The third kappa shape index (κ3) is 4.62. The van der Waals surface area contributed by atoms with Gasteiger partial charge in [-0.15, -0.1) is 0 Å². The van der Waals surface area contributed by atoms with E-state index in [4.69, 9.17) is 16.3 Å². The summed E-state index contributed by atoms with van der Waals surface area (Å²) in [5.74, 6) is -0.325. The molecule has 0 atom stereocenters. The third-order valence-electron chi connectivity index (χ3n) is 3.72. The van der Waals surface area contributed by atoms with Gasteiger partial charge >= 0.3 is 5.97 Å². The number of nitrogens with zero attached hydrogens (tertiary/aromatic N) is 1. The molecule has 0 aliphatic heterocycles. The number of methoxy groups -OCH3 is 1. The van der Waals surface area contributed by atoms with E-state index in [1.807, 2.05) is 0 Å². The molecular weight excluding hydrogens is 366 g/mol. The van der Waals surface area contributed by atoms with Gasteiger partial charge in [0.25, 0.3) is 5.91 Å². The molecule has 0 saturated carbocycles. The third-order valence-corrected chi connectivity index (χ3v) is 3.97. The lowest BCUT2D eigenvalue weighted by Gasteiger charge is -2.11. The SMILES string of the molecule is COC(=O)c1ccccc1Nc1cc(C(=O)Nc2ccc(Cl)cc2)ccn1. The fourth-order valence-electron chi connectivity index (χ4n) is 2.39. The van der Waals surface area contributed by atoms with Crippen molar-refractivity contribution < 1.29 is 14.3 Å². The van der Waals surface area contributed by atoms with Gasteiger partial charge < -0.3 is 15.4 Å². The van der Waals surface area contributed by atoms with Gasteiger partial charge in [-0.25, -0.2) is 9.78 Å². The van der Waals surface area contributed by atoms with Crippen molar-refractivity contribution in [3.63, 3.8) is 0 Å². The summed E-state index contributed by atoms with van der Waals surface area (Å²) in [7, 11) is 1.32. The molecule has 3 rings (SSSR count). The number of nitrogens with one attached hydrogen (secondary N) is 2. The minimum Gasteiger partial charge on any atom is -0.465 e. The van der Waals surface area contributed by atoms with Crippen molar-refractivity contribution in [3.8, 4) is 0 Å². The summed E-state index contributed by atoms with van der Waals surface area (Å²) in [6, 6.07) is 16.9. The smallest absolute Gasteiger partial charge is 0.339 e. The summed E-state index contributed by atoms with van der Waals surface area (Å²) >= 11 is 5.85. The minimum absolute atomic E-state index is 0.288. The molecule has 6 nitrogen and oxygen atoms in total. The molecule has 1 heterocycles. The lowest BCUT2D eigenvalue weighted by molar-refractivity contribution is 0.0601. The summed E-state index contributed by atoms with van der Waals surface area (Å²) in [5.41, 5.74) is 1.95. The lowest BCUT2D eigenvalue weighted by Crippen LogP contribution is -2.12. The Morgan fingerprint density at radius 3 is 2.52 bits per heavy atom. The summed E-state index contributed by atoms with van der Waals surface area (Å²) in [5, 5.41) is 6.42. The fourth-order valence-corrected chi connectivity index (χ4v) is 2.52. The van der Waals surface area contributed by atoms with Gasteiger partial charge in [-0.1, -0.05) is 23.7 Å². The number of carbonyl (C=O) groups excluding carboxylic acids is 2. The zero-order valence-corrected chi connectivity index (χ0v) is 15.2. The van der Waals surface area contributed by atoms with E-state index < -0.39 is 5.97 Å². The Morgan fingerprint density at radius 2 is 1.78 bits per heavy atom. The predicted molar refractivity (Wildman–Crippen MR) is 105 cm³/mol. The maximum absolute atomic E-state index is 12.5. The van der Waals surface area contributed by atoms with Crippen LogP contribution < -0.4 is 10.6 Å². The van der Waals surface area contributed by atoms with Crippen molar-refractivity contribution in [2.75, 3.05) is 17.7 Å². The second kappa shape index (κ2) is 8.33. The van der Waals surface area contributed by atoms with Crippen LogP contribution in [0.15, 0.2) is 66.9 Å². The molecule has 3 aromatic rings. The van der Waals surface area contributed by atoms with Crippen LogP contribution in [0.1, 0.15) is 20.7 Å². The molecule has 0 spiro atoms. The van der Waals surface area contributed by atoms with Gasteiger partial charge in [-0.05, 0) is 48.5 Å². The standard InChI is InChI=1S/C20H16ClN3O3/c1-27-20(26)16-4-2-3-5-17(16)24-18-12-13(10-11-22-18)19(25)23-15-8-6-14(21)7-9-15/h2-12H,1H3,(H,22,24)(H,23,25). The number of halogens is 1. The largest absolute Gasteiger partial charge is 0.465 e. The molecule has 1 amide bonds. The Balaban J connectivity index is 1.79. The van der Waals surface area contributed by atoms with Crippen LogP contribution in [0.3, 0.4) is 0 Å². The maximum atomic E-state index is 12.5. The highest BCUT2D eigenvalue weighted by Crippen LogP contribution is 2.21. The molecule has 2 aromatic carbocycles. The first-order valence-electron chi connectivity index (χ1n) is 8.04. The molecule has 7 heteroatoms. The Kier molecular flexibility index (Phi) is 5.68. The Labute approximate surface area is 161 Å². The van der Waals surface area contributed by atoms with E-state index in [0.29, 0.717) is 33.3 Å². The van der Waals surface area contributed by atoms with Crippen molar-refractivity contribution >= 4 is 40.7 Å². The van der Waals surface area contributed by atoms with Crippen LogP contribution >= 0.6 is 11.6 Å². The van der Waals surface area contributed by atoms with Crippen molar-refractivity contribution in [2.24, 2.45) is 0 Å². The molecule has 0 fully saturated rings. The molecule has 2 N–H and O–H groups in total. The quantitative estimate of drug-likeness (QED) is 0.635. The van der Waals surface area contributed by atoms with E-state index in [2.05, 4.69) is 15.6 Å². The van der Waals surface area contributed by atoms with Gasteiger partial charge in [-0.2, -0.15) is 0 Å². The number of aromatic nitrogens is 1. The maximum Gasteiger partial charge on any atom is 0.339 e. The fraction of sp³-hybridized carbons (Fsp3) is 0.0500. The van der Waals surface area contributed by atoms with Crippen LogP contribution in [-0.4, -0.2) is 24.0 Å². The second-order valence-electron chi connectivity index (χ2n) is 5.55. The summed E-state index contributed by atoms with van der Waals surface area (Å²) in [6.07, 6.45) is 1.51. The van der Waals surface area contributed by atoms with Crippen LogP contribution in [0.25, 0.3) is 0 Å². The number of hydrogen-bond acceptors (Lipinski definition) is 5. The highest BCUT2D eigenvalue weighted by molar-refractivity contribution is 6.30. The molecule has 0 aliphatic carbocycles. The molecule has 0 aliphatic rings. The Morgan fingerprint density at radius 1 is 1.04 bits per heavy atom. The number of anilines is 3. The summed E-state index contributed by atoms with van der Waals surface area (Å²) < 4.78 is 4.78. The first-order chi connectivity index (χ1) is 13.1. The topological polar surface area (TPSA) is 80.3 Å². The van der Waals surface area contributed by atoms with Crippen LogP contribution in [-0.2, 0) is 4.74 Å². The molecular formula is C20H16ClN3O3. The normalized spacial score (nSPS) is 10.1. The number of benzene rings is 2. The molecule has 136 valence electrons. The second-order valence-corrected chi connectivity index (χ2v) is 5.99. The predicted octanol–water partition coefficient (Wildman–Crippen LogP) is 4.52. The molecule has 0 radical (unpaired) electrons. The Hall–Kier alpha value is -3.38. The zero-order chi connectivity index (χ0) is 19.2. The van der Waals surface area contributed by atoms with Crippen LogP contribution in [0, 0.1) is 0 Å². The number of rotatable bonds is 5. The highest BCUT2D eigenvalue weighted by atomic mass is 35.5. The number of carbonyl (C=O) groups is 2. The molecule has 0 bridgehead atoms. The number of para-hydroxylation sites is 1.